The summed E-state index contributed by atoms with van der Waals surface area (Å²) in [4.78, 5) is 0. The quantitative estimate of drug-likeness (QED) is 0.597. The minimum atomic E-state index is -0.438. The van der Waals surface area contributed by atoms with E-state index in [0.717, 1.165) is 12.5 Å². The predicted molar refractivity (Wildman–Crippen MR) is 85.3 cm³/mol. The highest BCUT2D eigenvalue weighted by atomic mass is 19.1. The van der Waals surface area contributed by atoms with Crippen molar-refractivity contribution in [2.75, 3.05) is 0 Å². The van der Waals surface area contributed by atoms with Gasteiger partial charge in [0.05, 0.1) is 0 Å². The standard InChI is InChI=1S/C10H12F2.C9H10F2/c1-7(2)5-8-6-9(11)3-4-10(8)12;1-2-4-7-8(10)5-3-6-9(7)11/h3-4,6-7H,5H2,1-2H3;3,5-6H,2,4H2,1H3. The molecule has 0 amide bonds. The number of halogens is 4. The van der Waals surface area contributed by atoms with E-state index in [1.54, 1.807) is 0 Å². The molecule has 2 aromatic rings. The van der Waals surface area contributed by atoms with Crippen LogP contribution in [0.15, 0.2) is 36.4 Å². The first-order valence-corrected chi connectivity index (χ1v) is 7.72. The fourth-order valence-corrected chi connectivity index (χ4v) is 2.16. The van der Waals surface area contributed by atoms with Crippen molar-refractivity contribution in [3.8, 4) is 0 Å². The van der Waals surface area contributed by atoms with Crippen LogP contribution in [0, 0.1) is 29.2 Å². The summed E-state index contributed by atoms with van der Waals surface area (Å²) in [6.45, 7) is 5.85. The molecule has 0 N–H and O–H groups in total. The first-order valence-electron chi connectivity index (χ1n) is 7.72. The van der Waals surface area contributed by atoms with E-state index in [0.29, 0.717) is 24.3 Å². The van der Waals surface area contributed by atoms with E-state index in [9.17, 15) is 17.6 Å². The van der Waals surface area contributed by atoms with Gasteiger partial charge >= 0.3 is 0 Å². The van der Waals surface area contributed by atoms with Crippen LogP contribution in [0.4, 0.5) is 17.6 Å². The normalized spacial score (nSPS) is 10.4. The predicted octanol–water partition coefficient (Wildman–Crippen LogP) is 6.08. The van der Waals surface area contributed by atoms with E-state index in [1.807, 2.05) is 20.8 Å². The van der Waals surface area contributed by atoms with Crippen LogP contribution in [0.3, 0.4) is 0 Å². The average Bonchev–Trinajstić information content (AvgIpc) is 2.47. The first-order chi connectivity index (χ1) is 10.8. The largest absolute Gasteiger partial charge is 0.207 e. The van der Waals surface area contributed by atoms with E-state index in [-0.39, 0.29) is 17.2 Å². The van der Waals surface area contributed by atoms with Crippen molar-refractivity contribution < 1.29 is 17.6 Å². The fraction of sp³-hybridized carbons (Fsp3) is 0.368. The van der Waals surface area contributed by atoms with Crippen molar-refractivity contribution in [1.82, 2.24) is 0 Å². The lowest BCUT2D eigenvalue weighted by molar-refractivity contribution is 0.553. The zero-order valence-electron chi connectivity index (χ0n) is 13.7. The minimum Gasteiger partial charge on any atom is -0.207 e. The number of benzene rings is 2. The first kappa shape index (κ1) is 19.2. The Labute approximate surface area is 135 Å². The van der Waals surface area contributed by atoms with Crippen LogP contribution in [-0.4, -0.2) is 0 Å². The molecular formula is C19H22F4. The summed E-state index contributed by atoms with van der Waals surface area (Å²) in [7, 11) is 0. The zero-order valence-corrected chi connectivity index (χ0v) is 13.7. The van der Waals surface area contributed by atoms with Gasteiger partial charge < -0.3 is 0 Å². The second kappa shape index (κ2) is 9.33. The van der Waals surface area contributed by atoms with E-state index in [1.165, 1.54) is 30.3 Å². The van der Waals surface area contributed by atoms with Gasteiger partial charge in [-0.05, 0) is 54.7 Å². The van der Waals surface area contributed by atoms with Gasteiger partial charge in [0.25, 0.3) is 0 Å². The molecule has 0 fully saturated rings. The molecule has 0 bridgehead atoms. The van der Waals surface area contributed by atoms with Gasteiger partial charge in [0, 0.05) is 5.56 Å². The third-order valence-electron chi connectivity index (χ3n) is 3.20. The lowest BCUT2D eigenvalue weighted by Crippen LogP contribution is -1.97. The zero-order chi connectivity index (χ0) is 17.4. The molecule has 126 valence electrons. The molecule has 23 heavy (non-hydrogen) atoms. The molecular weight excluding hydrogens is 304 g/mol. The van der Waals surface area contributed by atoms with Crippen LogP contribution in [0.25, 0.3) is 0 Å². The summed E-state index contributed by atoms with van der Waals surface area (Å²) in [6.07, 6.45) is 1.82. The lowest BCUT2D eigenvalue weighted by atomic mass is 10.0. The van der Waals surface area contributed by atoms with Crippen LogP contribution < -0.4 is 0 Å². The number of hydrogen-bond acceptors (Lipinski definition) is 0. The highest BCUT2D eigenvalue weighted by molar-refractivity contribution is 5.20. The molecule has 0 saturated heterocycles. The van der Waals surface area contributed by atoms with Crippen molar-refractivity contribution in [3.63, 3.8) is 0 Å². The van der Waals surface area contributed by atoms with Crippen LogP contribution in [0.1, 0.15) is 38.3 Å². The summed E-state index contributed by atoms with van der Waals surface area (Å²) >= 11 is 0. The van der Waals surface area contributed by atoms with Gasteiger partial charge in [-0.1, -0.05) is 33.3 Å². The van der Waals surface area contributed by atoms with Gasteiger partial charge in [-0.25, -0.2) is 17.6 Å². The molecule has 0 aliphatic rings. The Balaban J connectivity index is 0.000000231. The maximum absolute atomic E-state index is 13.0. The summed E-state index contributed by atoms with van der Waals surface area (Å²) in [5.41, 5.74) is 0.667. The van der Waals surface area contributed by atoms with Gasteiger partial charge in [0.1, 0.15) is 23.3 Å². The van der Waals surface area contributed by atoms with E-state index in [4.69, 9.17) is 0 Å². The van der Waals surface area contributed by atoms with Crippen LogP contribution in [-0.2, 0) is 12.8 Å². The van der Waals surface area contributed by atoms with Crippen LogP contribution in [0.5, 0.6) is 0 Å². The van der Waals surface area contributed by atoms with Crippen molar-refractivity contribution in [3.05, 3.63) is 70.8 Å². The smallest absolute Gasteiger partial charge is 0.129 e. The van der Waals surface area contributed by atoms with Crippen LogP contribution in [0.2, 0.25) is 0 Å². The maximum atomic E-state index is 13.0. The molecule has 4 heteroatoms. The Hall–Kier alpha value is -1.84. The van der Waals surface area contributed by atoms with Crippen molar-refractivity contribution >= 4 is 0 Å². The topological polar surface area (TPSA) is 0 Å². The lowest BCUT2D eigenvalue weighted by Gasteiger charge is -2.05. The van der Waals surface area contributed by atoms with Gasteiger partial charge in [-0.3, -0.25) is 0 Å². The Kier molecular flexibility index (Phi) is 7.79. The van der Waals surface area contributed by atoms with Crippen molar-refractivity contribution in [1.29, 1.82) is 0 Å². The van der Waals surface area contributed by atoms with Gasteiger partial charge in [0.15, 0.2) is 0 Å². The summed E-state index contributed by atoms with van der Waals surface area (Å²) in [5, 5.41) is 0. The molecule has 0 heterocycles. The van der Waals surface area contributed by atoms with E-state index in [2.05, 4.69) is 0 Å². The second-order valence-electron chi connectivity index (χ2n) is 5.78. The average molecular weight is 326 g/mol. The Morgan fingerprint density at radius 2 is 1.48 bits per heavy atom. The molecule has 0 unspecified atom stereocenters. The Morgan fingerprint density at radius 3 is 2.00 bits per heavy atom. The molecule has 0 radical (unpaired) electrons. The highest BCUT2D eigenvalue weighted by Gasteiger charge is 2.06. The van der Waals surface area contributed by atoms with Gasteiger partial charge in [-0.2, -0.15) is 0 Å². The van der Waals surface area contributed by atoms with Crippen molar-refractivity contribution in [2.45, 2.75) is 40.0 Å². The molecule has 2 rings (SSSR count). The maximum Gasteiger partial charge on any atom is 0.129 e. The van der Waals surface area contributed by atoms with Gasteiger partial charge in [-0.15, -0.1) is 0 Å². The van der Waals surface area contributed by atoms with Crippen molar-refractivity contribution in [2.24, 2.45) is 5.92 Å². The highest BCUT2D eigenvalue weighted by Crippen LogP contribution is 2.14. The van der Waals surface area contributed by atoms with Gasteiger partial charge in [0.2, 0.25) is 0 Å². The molecule has 0 atom stereocenters. The Morgan fingerprint density at radius 1 is 0.870 bits per heavy atom. The number of hydrogen-bond donors (Lipinski definition) is 0. The van der Waals surface area contributed by atoms with E-state index >= 15 is 0 Å². The molecule has 2 aromatic carbocycles. The van der Waals surface area contributed by atoms with E-state index < -0.39 is 11.6 Å². The third kappa shape index (κ3) is 6.43. The molecule has 0 aromatic heterocycles. The molecule has 0 saturated carbocycles. The summed E-state index contributed by atoms with van der Waals surface area (Å²) < 4.78 is 51.2. The second-order valence-corrected chi connectivity index (χ2v) is 5.78. The SMILES string of the molecule is CC(C)Cc1cc(F)ccc1F.CCCc1c(F)cccc1F. The minimum absolute atomic E-state index is 0.204. The molecule has 0 aliphatic heterocycles. The fourth-order valence-electron chi connectivity index (χ4n) is 2.16. The molecule has 0 aliphatic carbocycles. The molecule has 0 spiro atoms. The molecule has 0 nitrogen and oxygen atoms in total. The number of rotatable bonds is 4. The Bertz CT molecular complexity index is 601. The summed E-state index contributed by atoms with van der Waals surface area (Å²) in [5.74, 6) is -1.21. The third-order valence-corrected chi connectivity index (χ3v) is 3.20. The summed E-state index contributed by atoms with van der Waals surface area (Å²) in [6, 6.07) is 7.52. The van der Waals surface area contributed by atoms with Crippen LogP contribution >= 0.6 is 0 Å². The monoisotopic (exact) mass is 326 g/mol.